The number of para-hydroxylation sites is 2. The molecule has 0 bridgehead atoms. The number of carbonyl (C=O) groups excluding carboxylic acids is 1. The van der Waals surface area contributed by atoms with Crippen LogP contribution in [-0.4, -0.2) is 58.6 Å². The predicted octanol–water partition coefficient (Wildman–Crippen LogP) is 0.897. The Hall–Kier alpha value is -2.67. The average molecular weight is 330 g/mol. The van der Waals surface area contributed by atoms with Crippen LogP contribution in [-0.2, 0) is 22.6 Å². The van der Waals surface area contributed by atoms with Gasteiger partial charge in [0.2, 0.25) is 5.91 Å². The van der Waals surface area contributed by atoms with Crippen LogP contribution < -0.4 is 5.32 Å². The molecule has 2 N–H and O–H groups in total. The van der Waals surface area contributed by atoms with Crippen LogP contribution in [0, 0.1) is 0 Å². The Balaban J connectivity index is 2.06. The summed E-state index contributed by atoms with van der Waals surface area (Å²) in [5.74, 6) is -0.662. The van der Waals surface area contributed by atoms with E-state index in [9.17, 15) is 9.59 Å². The molecule has 0 aliphatic rings. The van der Waals surface area contributed by atoms with Crippen LogP contribution >= 0.6 is 0 Å². The summed E-state index contributed by atoms with van der Waals surface area (Å²) in [5.41, 5.74) is 2.01. The summed E-state index contributed by atoms with van der Waals surface area (Å²) in [6.45, 7) is 2.10. The van der Waals surface area contributed by atoms with Crippen molar-refractivity contribution in [1.82, 2.24) is 19.8 Å². The van der Waals surface area contributed by atoms with E-state index < -0.39 is 11.9 Å². The van der Waals surface area contributed by atoms with Gasteiger partial charge in [-0.2, -0.15) is 0 Å². The maximum atomic E-state index is 11.5. The van der Waals surface area contributed by atoms with E-state index in [2.05, 4.69) is 19.8 Å². The molecule has 0 aliphatic heterocycles. The molecule has 2 rings (SSSR count). The van der Waals surface area contributed by atoms with Crippen LogP contribution in [0.15, 0.2) is 36.4 Å². The molecule has 1 heterocycles. The van der Waals surface area contributed by atoms with Gasteiger partial charge in [0.1, 0.15) is 5.82 Å². The molecule has 0 fully saturated rings. The Morgan fingerprint density at radius 3 is 2.75 bits per heavy atom. The summed E-state index contributed by atoms with van der Waals surface area (Å²) in [4.78, 5) is 28.7. The van der Waals surface area contributed by atoms with Gasteiger partial charge >= 0.3 is 5.97 Å². The Kier molecular flexibility index (Phi) is 6.08. The molecular formula is C17H22N4O3. The minimum absolute atomic E-state index is 0.397. The van der Waals surface area contributed by atoms with Gasteiger partial charge in [-0.1, -0.05) is 12.1 Å². The summed E-state index contributed by atoms with van der Waals surface area (Å²) >= 11 is 0. The van der Waals surface area contributed by atoms with Crippen LogP contribution in [0.3, 0.4) is 0 Å². The first-order valence-electron chi connectivity index (χ1n) is 7.75. The molecular weight excluding hydrogens is 308 g/mol. The third kappa shape index (κ3) is 4.92. The first-order valence-corrected chi connectivity index (χ1v) is 7.75. The van der Waals surface area contributed by atoms with Crippen LogP contribution in [0.4, 0.5) is 0 Å². The van der Waals surface area contributed by atoms with E-state index in [0.717, 1.165) is 42.1 Å². The lowest BCUT2D eigenvalue weighted by molar-refractivity contribution is -0.131. The minimum Gasteiger partial charge on any atom is -0.478 e. The summed E-state index contributed by atoms with van der Waals surface area (Å²) in [7, 11) is 4.04. The van der Waals surface area contributed by atoms with Gasteiger partial charge in [-0.25, -0.2) is 9.78 Å². The van der Waals surface area contributed by atoms with E-state index in [4.69, 9.17) is 5.11 Å². The van der Waals surface area contributed by atoms with Crippen molar-refractivity contribution in [3.8, 4) is 0 Å². The van der Waals surface area contributed by atoms with E-state index in [-0.39, 0.29) is 0 Å². The minimum atomic E-state index is -1.14. The summed E-state index contributed by atoms with van der Waals surface area (Å²) in [6, 6.07) is 7.95. The molecule has 128 valence electrons. The van der Waals surface area contributed by atoms with Gasteiger partial charge in [0, 0.05) is 38.2 Å². The highest BCUT2D eigenvalue weighted by molar-refractivity contribution is 5.93. The molecule has 7 nitrogen and oxygen atoms in total. The quantitative estimate of drug-likeness (QED) is 0.702. The van der Waals surface area contributed by atoms with E-state index >= 15 is 0 Å². The van der Waals surface area contributed by atoms with Crippen molar-refractivity contribution in [2.75, 3.05) is 27.2 Å². The lowest BCUT2D eigenvalue weighted by Gasteiger charge is -2.13. The van der Waals surface area contributed by atoms with Crippen molar-refractivity contribution in [2.24, 2.45) is 0 Å². The van der Waals surface area contributed by atoms with Crippen molar-refractivity contribution in [2.45, 2.75) is 13.0 Å². The Bertz CT molecular complexity index is 749. The van der Waals surface area contributed by atoms with Gasteiger partial charge in [0.05, 0.1) is 11.0 Å². The summed E-state index contributed by atoms with van der Waals surface area (Å²) < 4.78 is 2.16. The zero-order valence-corrected chi connectivity index (χ0v) is 13.9. The number of imidazole rings is 1. The second-order valence-corrected chi connectivity index (χ2v) is 5.68. The molecule has 0 unspecified atom stereocenters. The molecule has 0 spiro atoms. The Morgan fingerprint density at radius 1 is 1.29 bits per heavy atom. The van der Waals surface area contributed by atoms with E-state index in [1.54, 1.807) is 0 Å². The van der Waals surface area contributed by atoms with Crippen LogP contribution in [0.2, 0.25) is 0 Å². The van der Waals surface area contributed by atoms with Crippen molar-refractivity contribution < 1.29 is 14.7 Å². The normalized spacial score (nSPS) is 11.5. The number of rotatable bonds is 8. The predicted molar refractivity (Wildman–Crippen MR) is 91.8 cm³/mol. The first-order chi connectivity index (χ1) is 11.5. The first kappa shape index (κ1) is 17.7. The SMILES string of the molecule is CN(C)CCn1c(CCNC(=O)/C=C/C(=O)O)nc2ccccc21. The maximum absolute atomic E-state index is 11.5. The van der Waals surface area contributed by atoms with Crippen LogP contribution in [0.1, 0.15) is 5.82 Å². The van der Waals surface area contributed by atoms with E-state index in [1.807, 2.05) is 38.4 Å². The number of carboxylic acid groups (broad SMARTS) is 1. The maximum Gasteiger partial charge on any atom is 0.328 e. The third-order valence-corrected chi connectivity index (χ3v) is 3.53. The number of amides is 1. The zero-order chi connectivity index (χ0) is 17.5. The number of carbonyl (C=O) groups is 2. The zero-order valence-electron chi connectivity index (χ0n) is 13.9. The number of fused-ring (bicyclic) bond motifs is 1. The standard InChI is InChI=1S/C17H22N4O3/c1-20(2)11-12-21-14-6-4-3-5-13(14)19-15(21)9-10-18-16(22)7-8-17(23)24/h3-8H,9-12H2,1-2H3,(H,18,22)(H,23,24)/b8-7+. The molecule has 0 atom stereocenters. The summed E-state index contributed by atoms with van der Waals surface area (Å²) in [6.07, 6.45) is 2.41. The number of aromatic nitrogens is 2. The summed E-state index contributed by atoms with van der Waals surface area (Å²) in [5, 5.41) is 11.2. The van der Waals surface area contributed by atoms with Crippen molar-refractivity contribution >= 4 is 22.9 Å². The number of benzene rings is 1. The number of carboxylic acids is 1. The molecule has 24 heavy (non-hydrogen) atoms. The molecule has 2 aromatic rings. The second kappa shape index (κ2) is 8.26. The molecule has 1 amide bonds. The highest BCUT2D eigenvalue weighted by atomic mass is 16.4. The van der Waals surface area contributed by atoms with Gasteiger partial charge < -0.3 is 19.9 Å². The number of nitrogens with one attached hydrogen (secondary N) is 1. The molecule has 7 heteroatoms. The lowest BCUT2D eigenvalue weighted by Crippen LogP contribution is -2.25. The average Bonchev–Trinajstić information content (AvgIpc) is 2.88. The van der Waals surface area contributed by atoms with E-state index in [0.29, 0.717) is 13.0 Å². The number of nitrogens with zero attached hydrogens (tertiary/aromatic N) is 3. The smallest absolute Gasteiger partial charge is 0.328 e. The molecule has 0 radical (unpaired) electrons. The molecule has 0 aliphatic carbocycles. The van der Waals surface area contributed by atoms with Gasteiger partial charge in [0.25, 0.3) is 0 Å². The fourth-order valence-corrected chi connectivity index (χ4v) is 2.37. The molecule has 1 aromatic carbocycles. The van der Waals surface area contributed by atoms with Crippen molar-refractivity contribution in [3.63, 3.8) is 0 Å². The highest BCUT2D eigenvalue weighted by Crippen LogP contribution is 2.16. The van der Waals surface area contributed by atoms with Gasteiger partial charge in [-0.05, 0) is 26.2 Å². The third-order valence-electron chi connectivity index (χ3n) is 3.53. The van der Waals surface area contributed by atoms with Gasteiger partial charge in [-0.3, -0.25) is 4.79 Å². The molecule has 0 saturated heterocycles. The Morgan fingerprint density at radius 2 is 2.04 bits per heavy atom. The number of aliphatic carboxylic acids is 1. The van der Waals surface area contributed by atoms with Gasteiger partial charge in [0.15, 0.2) is 0 Å². The fraction of sp³-hybridized carbons (Fsp3) is 0.353. The van der Waals surface area contributed by atoms with Gasteiger partial charge in [-0.15, -0.1) is 0 Å². The van der Waals surface area contributed by atoms with E-state index in [1.165, 1.54) is 0 Å². The monoisotopic (exact) mass is 330 g/mol. The topological polar surface area (TPSA) is 87.5 Å². The lowest BCUT2D eigenvalue weighted by atomic mass is 10.3. The number of hydrogen-bond donors (Lipinski definition) is 2. The van der Waals surface area contributed by atoms with Crippen LogP contribution in [0.25, 0.3) is 11.0 Å². The Labute approximate surface area is 140 Å². The van der Waals surface area contributed by atoms with Crippen molar-refractivity contribution in [3.05, 3.63) is 42.2 Å². The second-order valence-electron chi connectivity index (χ2n) is 5.68. The largest absolute Gasteiger partial charge is 0.478 e. The molecule has 1 aromatic heterocycles. The molecule has 0 saturated carbocycles. The van der Waals surface area contributed by atoms with Crippen LogP contribution in [0.5, 0.6) is 0 Å². The number of likely N-dealkylation sites (N-methyl/N-ethyl adjacent to an activating group) is 1. The number of hydrogen-bond acceptors (Lipinski definition) is 4. The van der Waals surface area contributed by atoms with Crippen molar-refractivity contribution in [1.29, 1.82) is 0 Å². The fourth-order valence-electron chi connectivity index (χ4n) is 2.37. The highest BCUT2D eigenvalue weighted by Gasteiger charge is 2.10.